The van der Waals surface area contributed by atoms with Crippen LogP contribution in [0.2, 0.25) is 0 Å². The number of carboxylic acid groups (broad SMARTS) is 1. The van der Waals surface area contributed by atoms with Crippen LogP contribution in [0.5, 0.6) is 0 Å². The molecule has 1 N–H and O–H groups in total. The summed E-state index contributed by atoms with van der Waals surface area (Å²) in [6.45, 7) is -1.07. The molecule has 0 aliphatic heterocycles. The van der Waals surface area contributed by atoms with Gasteiger partial charge in [0.1, 0.15) is 0 Å². The maximum atomic E-state index is 13.7. The van der Waals surface area contributed by atoms with Gasteiger partial charge in [0.05, 0.1) is 6.42 Å². The zero-order valence-corrected chi connectivity index (χ0v) is 18.6. The van der Waals surface area contributed by atoms with Gasteiger partial charge in [-0.15, -0.1) is 0 Å². The van der Waals surface area contributed by atoms with E-state index >= 15 is 0 Å². The number of ether oxygens (including phenoxy) is 1. The Labute approximate surface area is 203 Å². The third-order valence-corrected chi connectivity index (χ3v) is 5.44. The first kappa shape index (κ1) is 36.1. The van der Waals surface area contributed by atoms with E-state index in [1.54, 1.807) is 0 Å². The van der Waals surface area contributed by atoms with Crippen molar-refractivity contribution >= 4 is 23.7 Å². The fraction of sp³-hybridized carbons (Fsp3) is 0.875. The Balaban J connectivity index is 5.66. The number of thioether (sulfide) groups is 1. The van der Waals surface area contributed by atoms with E-state index in [4.69, 9.17) is 5.11 Å². The van der Waals surface area contributed by atoms with E-state index in [0.29, 0.717) is 11.8 Å². The molecule has 0 fully saturated rings. The molecule has 0 atom stereocenters. The van der Waals surface area contributed by atoms with Gasteiger partial charge in [-0.25, -0.2) is 4.79 Å². The van der Waals surface area contributed by atoms with E-state index in [1.807, 2.05) is 0 Å². The van der Waals surface area contributed by atoms with Crippen molar-refractivity contribution in [3.05, 3.63) is 0 Å². The summed E-state index contributed by atoms with van der Waals surface area (Å²) < 4.78 is 228. The minimum atomic E-state index is -8.66. The van der Waals surface area contributed by atoms with Crippen LogP contribution in [0.1, 0.15) is 19.3 Å². The smallest absolute Gasteiger partial charge is 0.460 e. The highest BCUT2D eigenvalue weighted by Gasteiger charge is 2.95. The Kier molecular flexibility index (Phi) is 10.7. The zero-order chi connectivity index (χ0) is 30.8. The van der Waals surface area contributed by atoms with Crippen LogP contribution >= 0.6 is 11.8 Å². The molecule has 0 saturated heterocycles. The Morgan fingerprint density at radius 2 is 1.00 bits per heavy atom. The highest BCUT2D eigenvalue weighted by atomic mass is 32.2. The number of aliphatic carboxylic acids is 1. The van der Waals surface area contributed by atoms with Crippen molar-refractivity contribution in [2.45, 2.75) is 66.9 Å². The van der Waals surface area contributed by atoms with E-state index in [2.05, 4.69) is 4.74 Å². The molecule has 0 aromatic heterocycles. The van der Waals surface area contributed by atoms with E-state index < -0.39 is 91.2 Å². The number of alkyl halides is 17. The maximum absolute atomic E-state index is 13.7. The summed E-state index contributed by atoms with van der Waals surface area (Å²) in [5.41, 5.74) is 0. The summed E-state index contributed by atoms with van der Waals surface area (Å²) in [6.07, 6.45) is -12.3. The second kappa shape index (κ2) is 11.3. The number of hydrogen-bond donors (Lipinski definition) is 1. The standard InChI is InChI=1S/C16H13F17O4S/c17-9(18,3-1-4-38-5-2-8(36)37-6-7(34)35)10(19,20)11(21,22)12(23,24)13(25,26)14(27,28)15(29,30)16(31,32)33/h1-6H2,(H,34,35). The number of rotatable bonds is 15. The van der Waals surface area contributed by atoms with Crippen molar-refractivity contribution < 1.29 is 94.1 Å². The molecule has 0 saturated carbocycles. The van der Waals surface area contributed by atoms with Gasteiger partial charge in [0.25, 0.3) is 0 Å². The van der Waals surface area contributed by atoms with Crippen LogP contribution in [-0.4, -0.2) is 82.8 Å². The Morgan fingerprint density at radius 1 is 0.605 bits per heavy atom. The Morgan fingerprint density at radius 3 is 1.39 bits per heavy atom. The van der Waals surface area contributed by atoms with E-state index in [9.17, 15) is 84.2 Å². The molecule has 0 aliphatic rings. The second-order valence-corrected chi connectivity index (χ2v) is 8.39. The topological polar surface area (TPSA) is 63.6 Å². The highest BCUT2D eigenvalue weighted by Crippen LogP contribution is 2.64. The van der Waals surface area contributed by atoms with Crippen molar-refractivity contribution in [3.63, 3.8) is 0 Å². The van der Waals surface area contributed by atoms with Crippen LogP contribution in [0.25, 0.3) is 0 Å². The average Bonchev–Trinajstić information content (AvgIpc) is 2.72. The van der Waals surface area contributed by atoms with Gasteiger partial charge in [0.15, 0.2) is 6.61 Å². The third kappa shape index (κ3) is 6.45. The van der Waals surface area contributed by atoms with Gasteiger partial charge in [0.2, 0.25) is 0 Å². The first-order valence-corrected chi connectivity index (χ1v) is 10.4. The lowest BCUT2D eigenvalue weighted by atomic mass is 9.88. The number of carboxylic acids is 1. The van der Waals surface area contributed by atoms with Gasteiger partial charge < -0.3 is 9.84 Å². The number of halogens is 17. The number of carbonyl (C=O) groups excluding carboxylic acids is 1. The molecule has 226 valence electrons. The Hall–Kier alpha value is -1.90. The van der Waals surface area contributed by atoms with Gasteiger partial charge in [-0.3, -0.25) is 4.79 Å². The fourth-order valence-corrected chi connectivity index (χ4v) is 3.09. The van der Waals surface area contributed by atoms with Gasteiger partial charge in [-0.05, 0) is 12.2 Å². The van der Waals surface area contributed by atoms with Crippen molar-refractivity contribution in [2.24, 2.45) is 0 Å². The van der Waals surface area contributed by atoms with Crippen molar-refractivity contribution in [1.29, 1.82) is 0 Å². The van der Waals surface area contributed by atoms with Crippen LogP contribution in [0.3, 0.4) is 0 Å². The first-order valence-electron chi connectivity index (χ1n) is 9.23. The van der Waals surface area contributed by atoms with E-state index in [0.717, 1.165) is 0 Å². The molecule has 0 bridgehead atoms. The predicted octanol–water partition coefficient (Wildman–Crippen LogP) is 6.53. The van der Waals surface area contributed by atoms with Gasteiger partial charge >= 0.3 is 59.6 Å². The normalized spacial score (nSPS) is 15.0. The molecular weight excluding hydrogens is 611 g/mol. The molecular formula is C16H13F17O4S. The molecule has 0 spiro atoms. The van der Waals surface area contributed by atoms with Gasteiger partial charge in [0, 0.05) is 12.2 Å². The number of carbonyl (C=O) groups is 2. The fourth-order valence-electron chi connectivity index (χ4n) is 2.22. The molecule has 0 heterocycles. The van der Waals surface area contributed by atoms with Gasteiger partial charge in [-0.1, -0.05) is 0 Å². The summed E-state index contributed by atoms with van der Waals surface area (Å²) >= 11 is 0.422. The minimum absolute atomic E-state index is 0.386. The van der Waals surface area contributed by atoms with Crippen LogP contribution < -0.4 is 0 Å². The van der Waals surface area contributed by atoms with Crippen molar-refractivity contribution in [2.75, 3.05) is 18.1 Å². The predicted molar refractivity (Wildman–Crippen MR) is 90.5 cm³/mol. The lowest BCUT2D eigenvalue weighted by Crippen LogP contribution is -2.74. The summed E-state index contributed by atoms with van der Waals surface area (Å²) in [6, 6.07) is 0. The van der Waals surface area contributed by atoms with Crippen molar-refractivity contribution in [1.82, 2.24) is 0 Å². The molecule has 0 aromatic carbocycles. The molecule has 0 rings (SSSR count). The lowest BCUT2D eigenvalue weighted by Gasteiger charge is -2.42. The molecule has 0 unspecified atom stereocenters. The molecule has 22 heteroatoms. The average molecular weight is 624 g/mol. The van der Waals surface area contributed by atoms with E-state index in [1.165, 1.54) is 0 Å². The van der Waals surface area contributed by atoms with Crippen molar-refractivity contribution in [3.8, 4) is 0 Å². The summed E-state index contributed by atoms with van der Waals surface area (Å²) in [7, 11) is 0. The van der Waals surface area contributed by atoms with Crippen LogP contribution in [-0.2, 0) is 14.3 Å². The minimum Gasteiger partial charge on any atom is -0.479 e. The zero-order valence-electron chi connectivity index (χ0n) is 17.7. The van der Waals surface area contributed by atoms with Crippen LogP contribution in [0.4, 0.5) is 74.6 Å². The van der Waals surface area contributed by atoms with Crippen LogP contribution in [0.15, 0.2) is 0 Å². The maximum Gasteiger partial charge on any atom is 0.460 e. The highest BCUT2D eigenvalue weighted by molar-refractivity contribution is 7.99. The largest absolute Gasteiger partial charge is 0.479 e. The molecule has 38 heavy (non-hydrogen) atoms. The molecule has 0 radical (unpaired) electrons. The summed E-state index contributed by atoms with van der Waals surface area (Å²) in [5.74, 6) is -60.3. The summed E-state index contributed by atoms with van der Waals surface area (Å²) in [4.78, 5) is 21.2. The van der Waals surface area contributed by atoms with Crippen LogP contribution in [0, 0.1) is 0 Å². The molecule has 4 nitrogen and oxygen atoms in total. The second-order valence-electron chi connectivity index (χ2n) is 7.17. The molecule has 0 aliphatic carbocycles. The number of esters is 1. The first-order chi connectivity index (χ1) is 16.6. The van der Waals surface area contributed by atoms with E-state index in [-0.39, 0.29) is 5.75 Å². The Bertz CT molecular complexity index is 840. The number of hydrogen-bond acceptors (Lipinski definition) is 4. The lowest BCUT2D eigenvalue weighted by molar-refractivity contribution is -0.461. The quantitative estimate of drug-likeness (QED) is 0.128. The monoisotopic (exact) mass is 624 g/mol. The third-order valence-electron chi connectivity index (χ3n) is 4.37. The molecule has 0 aromatic rings. The summed E-state index contributed by atoms with van der Waals surface area (Å²) in [5, 5.41) is 8.23. The molecule has 0 amide bonds. The van der Waals surface area contributed by atoms with Gasteiger partial charge in [-0.2, -0.15) is 86.4 Å². The SMILES string of the molecule is O=C(O)COC(=O)CCSCCCC(F)(F)C(F)(F)C(F)(F)C(F)(F)C(F)(F)C(F)(F)C(F)(F)C(F)(F)F.